The second-order valence-electron chi connectivity index (χ2n) is 8.77. The van der Waals surface area contributed by atoms with Crippen LogP contribution in [-0.2, 0) is 14.3 Å². The lowest BCUT2D eigenvalue weighted by molar-refractivity contribution is -0.111. The van der Waals surface area contributed by atoms with Crippen molar-refractivity contribution in [3.63, 3.8) is 0 Å². The zero-order valence-electron chi connectivity index (χ0n) is 20.2. The summed E-state index contributed by atoms with van der Waals surface area (Å²) in [4.78, 5) is 25.0. The molecular formula is C24H31ClN6O4. The molecule has 4 rings (SSSR count). The second kappa shape index (κ2) is 11.2. The lowest BCUT2D eigenvalue weighted by Crippen LogP contribution is -2.32. The molecule has 0 bridgehead atoms. The Morgan fingerprint density at radius 2 is 2.14 bits per heavy atom. The van der Waals surface area contributed by atoms with E-state index in [4.69, 9.17) is 25.8 Å². The first-order valence-electron chi connectivity index (χ1n) is 11.5. The lowest BCUT2D eigenvalue weighted by Gasteiger charge is -2.24. The van der Waals surface area contributed by atoms with E-state index in [1.54, 1.807) is 0 Å². The third-order valence-corrected chi connectivity index (χ3v) is 6.14. The van der Waals surface area contributed by atoms with Gasteiger partial charge in [-0.2, -0.15) is 4.98 Å². The van der Waals surface area contributed by atoms with Crippen molar-refractivity contribution in [1.29, 1.82) is 0 Å². The van der Waals surface area contributed by atoms with Crippen molar-refractivity contribution in [3.05, 3.63) is 42.1 Å². The van der Waals surface area contributed by atoms with Crippen LogP contribution in [0.4, 0.5) is 23.0 Å². The minimum atomic E-state index is -0.297. The maximum atomic E-state index is 12.1. The van der Waals surface area contributed by atoms with Crippen molar-refractivity contribution in [2.45, 2.75) is 24.7 Å². The molecule has 2 aliphatic heterocycles. The van der Waals surface area contributed by atoms with Crippen LogP contribution in [0.25, 0.3) is 0 Å². The van der Waals surface area contributed by atoms with Gasteiger partial charge < -0.3 is 34.6 Å². The molecule has 0 aliphatic carbocycles. The van der Waals surface area contributed by atoms with Gasteiger partial charge in [-0.25, -0.2) is 4.98 Å². The summed E-state index contributed by atoms with van der Waals surface area (Å²) < 4.78 is 17.5. The van der Waals surface area contributed by atoms with Gasteiger partial charge in [-0.1, -0.05) is 18.2 Å². The molecule has 0 radical (unpaired) electrons. The van der Waals surface area contributed by atoms with E-state index in [2.05, 4.69) is 37.0 Å². The molecule has 35 heavy (non-hydrogen) atoms. The third kappa shape index (κ3) is 6.21. The van der Waals surface area contributed by atoms with E-state index >= 15 is 0 Å². The van der Waals surface area contributed by atoms with Crippen LogP contribution in [0.5, 0.6) is 5.88 Å². The summed E-state index contributed by atoms with van der Waals surface area (Å²) in [6.45, 7) is 6.28. The van der Waals surface area contributed by atoms with Gasteiger partial charge in [0.2, 0.25) is 17.7 Å². The van der Waals surface area contributed by atoms with Gasteiger partial charge in [0.15, 0.2) is 6.10 Å². The fourth-order valence-corrected chi connectivity index (χ4v) is 4.13. The fraction of sp³-hybridized carbons (Fsp3) is 0.458. The predicted octanol–water partition coefficient (Wildman–Crippen LogP) is 2.93. The van der Waals surface area contributed by atoms with Crippen molar-refractivity contribution in [1.82, 2.24) is 14.9 Å². The van der Waals surface area contributed by atoms with Gasteiger partial charge in [0.25, 0.3) is 0 Å². The van der Waals surface area contributed by atoms with Gasteiger partial charge in [0.05, 0.1) is 30.3 Å². The van der Waals surface area contributed by atoms with Crippen molar-refractivity contribution >= 4 is 40.5 Å². The van der Waals surface area contributed by atoms with Gasteiger partial charge in [-0.15, -0.1) is 0 Å². The standard InChI is InChI=1S/C24H31ClN6O4/c1-5-21(32)28-17-12-15(6-7-18(17)31(4)10-9-30(2)3)27-24-26-13-16(25)23(29-24)35-20-14-34-19-8-11-33-22(19)20/h5-7,12-13,19-20,22H,1,8-11,14H2,2-4H3,(H,28,32)(H,26,27,29)/t19-,20-,22+/m0/s1. The molecule has 3 atom stereocenters. The van der Waals surface area contributed by atoms with Crippen LogP contribution in [0.1, 0.15) is 6.42 Å². The minimum Gasteiger partial charge on any atom is -0.468 e. The average Bonchev–Trinajstić information content (AvgIpc) is 3.45. The number of aromatic nitrogens is 2. The molecule has 1 aromatic carbocycles. The molecule has 188 valence electrons. The van der Waals surface area contributed by atoms with Crippen LogP contribution in [0.15, 0.2) is 37.1 Å². The number of fused-ring (bicyclic) bond motifs is 1. The highest BCUT2D eigenvalue weighted by atomic mass is 35.5. The van der Waals surface area contributed by atoms with Crippen LogP contribution in [0.3, 0.4) is 0 Å². The Morgan fingerprint density at radius 3 is 2.91 bits per heavy atom. The molecule has 2 aliphatic rings. The van der Waals surface area contributed by atoms with Gasteiger partial charge >= 0.3 is 0 Å². The van der Waals surface area contributed by atoms with Crippen molar-refractivity contribution in [2.75, 3.05) is 63.0 Å². The number of ether oxygens (including phenoxy) is 3. The zero-order chi connectivity index (χ0) is 24.9. The Hall–Kier alpha value is -2.92. The summed E-state index contributed by atoms with van der Waals surface area (Å²) in [5.41, 5.74) is 2.20. The minimum absolute atomic E-state index is 0.0526. The maximum Gasteiger partial charge on any atom is 0.247 e. The first-order chi connectivity index (χ1) is 16.8. The number of hydrogen-bond donors (Lipinski definition) is 2. The van der Waals surface area contributed by atoms with Gasteiger partial charge in [-0.3, -0.25) is 4.79 Å². The van der Waals surface area contributed by atoms with Crippen LogP contribution in [0, 0.1) is 0 Å². The zero-order valence-corrected chi connectivity index (χ0v) is 20.9. The molecule has 3 heterocycles. The highest BCUT2D eigenvalue weighted by Crippen LogP contribution is 2.33. The molecule has 11 heteroatoms. The van der Waals surface area contributed by atoms with E-state index < -0.39 is 0 Å². The first kappa shape index (κ1) is 25.2. The molecule has 10 nitrogen and oxygen atoms in total. The number of nitrogens with zero attached hydrogens (tertiary/aromatic N) is 4. The Bertz CT molecular complexity index is 1070. The normalized spacial score (nSPS) is 21.0. The molecule has 0 spiro atoms. The quantitative estimate of drug-likeness (QED) is 0.475. The number of carbonyl (C=O) groups is 1. The molecule has 0 unspecified atom stereocenters. The monoisotopic (exact) mass is 502 g/mol. The third-order valence-electron chi connectivity index (χ3n) is 5.88. The first-order valence-corrected chi connectivity index (χ1v) is 11.8. The van der Waals surface area contributed by atoms with Crippen LogP contribution >= 0.6 is 11.6 Å². The van der Waals surface area contributed by atoms with Crippen molar-refractivity contribution in [3.8, 4) is 5.88 Å². The van der Waals surface area contributed by atoms with E-state index in [0.717, 1.165) is 25.2 Å². The molecular weight excluding hydrogens is 472 g/mol. The molecule has 2 saturated heterocycles. The summed E-state index contributed by atoms with van der Waals surface area (Å²) in [6, 6.07) is 5.64. The van der Waals surface area contributed by atoms with Gasteiger partial charge in [0.1, 0.15) is 11.1 Å². The predicted molar refractivity (Wildman–Crippen MR) is 136 cm³/mol. The number of benzene rings is 1. The molecule has 2 fully saturated rings. The Morgan fingerprint density at radius 1 is 1.31 bits per heavy atom. The smallest absolute Gasteiger partial charge is 0.247 e. The highest BCUT2D eigenvalue weighted by Gasteiger charge is 2.43. The number of hydrogen-bond acceptors (Lipinski definition) is 9. The Kier molecular flexibility index (Phi) is 8.07. The maximum absolute atomic E-state index is 12.1. The molecule has 2 aromatic rings. The Balaban J connectivity index is 1.51. The van der Waals surface area contributed by atoms with E-state index in [1.165, 1.54) is 12.3 Å². The summed E-state index contributed by atoms with van der Waals surface area (Å²) in [5, 5.41) is 6.34. The largest absolute Gasteiger partial charge is 0.468 e. The van der Waals surface area contributed by atoms with Crippen molar-refractivity contribution < 1.29 is 19.0 Å². The molecule has 1 amide bonds. The van der Waals surface area contributed by atoms with E-state index in [1.807, 2.05) is 39.3 Å². The van der Waals surface area contributed by atoms with E-state index in [-0.39, 0.29) is 30.1 Å². The number of rotatable bonds is 10. The number of nitrogens with one attached hydrogen (secondary N) is 2. The lowest BCUT2D eigenvalue weighted by atomic mass is 10.1. The Labute approximate surface area is 210 Å². The number of halogens is 1. The van der Waals surface area contributed by atoms with Crippen LogP contribution < -0.4 is 20.3 Å². The summed E-state index contributed by atoms with van der Waals surface area (Å²) in [6.07, 6.45) is 3.24. The van der Waals surface area contributed by atoms with Gasteiger partial charge in [0, 0.05) is 32.4 Å². The molecule has 2 N–H and O–H groups in total. The van der Waals surface area contributed by atoms with Crippen LogP contribution in [0.2, 0.25) is 5.02 Å². The van der Waals surface area contributed by atoms with E-state index in [0.29, 0.717) is 35.6 Å². The number of likely N-dealkylation sites (N-methyl/N-ethyl adjacent to an activating group) is 2. The molecule has 0 saturated carbocycles. The topological polar surface area (TPSA) is 101 Å². The SMILES string of the molecule is C=CC(=O)Nc1cc(Nc2ncc(Cl)c(O[C@H]3CO[C@H]4CCO[C@H]43)n2)ccc1N(C)CCN(C)C. The summed E-state index contributed by atoms with van der Waals surface area (Å²) >= 11 is 6.30. The van der Waals surface area contributed by atoms with E-state index in [9.17, 15) is 4.79 Å². The van der Waals surface area contributed by atoms with Crippen LogP contribution in [-0.4, -0.2) is 86.5 Å². The highest BCUT2D eigenvalue weighted by molar-refractivity contribution is 6.31. The number of anilines is 4. The second-order valence-corrected chi connectivity index (χ2v) is 9.18. The average molecular weight is 503 g/mol. The molecule has 1 aromatic heterocycles. The fourth-order valence-electron chi connectivity index (χ4n) is 4.00. The summed E-state index contributed by atoms with van der Waals surface area (Å²) in [5.74, 6) is 0.269. The number of carbonyl (C=O) groups excluding carboxylic acids is 1. The summed E-state index contributed by atoms with van der Waals surface area (Å²) in [7, 11) is 6.02. The van der Waals surface area contributed by atoms with Gasteiger partial charge in [-0.05, 0) is 44.8 Å². The number of amides is 1. The van der Waals surface area contributed by atoms with Crippen molar-refractivity contribution in [2.24, 2.45) is 0 Å².